The number of fused-ring (bicyclic) bond motifs is 1. The molecule has 8 nitrogen and oxygen atoms in total. The smallest absolute Gasteiger partial charge is 0.283 e. The molecule has 166 valence electrons. The van der Waals surface area contributed by atoms with Crippen LogP contribution in [0, 0.1) is 19.3 Å². The Labute approximate surface area is 194 Å². The van der Waals surface area contributed by atoms with Gasteiger partial charge >= 0.3 is 0 Å². The molecule has 2 aliphatic heterocycles. The van der Waals surface area contributed by atoms with Crippen LogP contribution in [-0.4, -0.2) is 38.1 Å². The number of carbonyl (C=O) groups excluding carboxylic acids is 1. The van der Waals surface area contributed by atoms with Crippen LogP contribution in [0.5, 0.6) is 5.75 Å². The number of hydrazone groups is 1. The summed E-state index contributed by atoms with van der Waals surface area (Å²) in [7, 11) is 0. The third-order valence-electron chi connectivity index (χ3n) is 5.36. The van der Waals surface area contributed by atoms with E-state index in [9.17, 15) is 4.79 Å². The summed E-state index contributed by atoms with van der Waals surface area (Å²) in [5, 5.41) is 15.3. The number of furan rings is 1. The standard InChI is InChI=1S/C24H21N5O3S/c1-4-31-19-9-6-5-8-18(19)28-14(2)12-16(15(28)3)13-17-21(25)29-24(26-22(17)30)33-23(27-29)20-10-7-11-32-20/h5-13,25H,4H2,1-3H3. The second kappa shape index (κ2) is 8.25. The monoisotopic (exact) mass is 459 g/mol. The number of aryl methyl sites for hydroxylation is 1. The number of amidine groups is 2. The summed E-state index contributed by atoms with van der Waals surface area (Å²) < 4.78 is 13.3. The van der Waals surface area contributed by atoms with Crippen LogP contribution < -0.4 is 4.74 Å². The van der Waals surface area contributed by atoms with E-state index in [0.29, 0.717) is 22.6 Å². The van der Waals surface area contributed by atoms with Crippen molar-refractivity contribution in [3.05, 3.63) is 77.0 Å². The van der Waals surface area contributed by atoms with E-state index in [2.05, 4.69) is 14.7 Å². The third kappa shape index (κ3) is 3.60. The molecule has 0 aliphatic carbocycles. The number of nitrogens with zero attached hydrogens (tertiary/aromatic N) is 4. The molecule has 33 heavy (non-hydrogen) atoms. The van der Waals surface area contributed by atoms with Crippen LogP contribution in [0.3, 0.4) is 0 Å². The van der Waals surface area contributed by atoms with E-state index in [0.717, 1.165) is 28.4 Å². The maximum absolute atomic E-state index is 12.8. The Morgan fingerprint density at radius 3 is 2.79 bits per heavy atom. The van der Waals surface area contributed by atoms with Crippen molar-refractivity contribution in [2.45, 2.75) is 20.8 Å². The van der Waals surface area contributed by atoms with Gasteiger partial charge in [-0.05, 0) is 74.5 Å². The molecule has 0 bridgehead atoms. The molecule has 1 amide bonds. The molecule has 0 saturated heterocycles. The first-order valence-electron chi connectivity index (χ1n) is 10.4. The quantitative estimate of drug-likeness (QED) is 0.555. The highest BCUT2D eigenvalue weighted by Crippen LogP contribution is 2.33. The second-order valence-corrected chi connectivity index (χ2v) is 8.42. The van der Waals surface area contributed by atoms with Crippen molar-refractivity contribution < 1.29 is 13.9 Å². The molecule has 5 rings (SSSR count). The van der Waals surface area contributed by atoms with E-state index in [-0.39, 0.29) is 11.4 Å². The molecule has 1 aromatic carbocycles. The predicted molar refractivity (Wildman–Crippen MR) is 129 cm³/mol. The van der Waals surface area contributed by atoms with Gasteiger partial charge in [0.15, 0.2) is 16.6 Å². The van der Waals surface area contributed by atoms with Gasteiger partial charge in [-0.3, -0.25) is 10.2 Å². The van der Waals surface area contributed by atoms with Crippen LogP contribution in [0.4, 0.5) is 0 Å². The number of hydrogen-bond acceptors (Lipinski definition) is 6. The molecular weight excluding hydrogens is 438 g/mol. The highest BCUT2D eigenvalue weighted by molar-refractivity contribution is 8.27. The fraction of sp³-hybridized carbons (Fsp3) is 0.167. The van der Waals surface area contributed by atoms with Crippen molar-refractivity contribution in [3.63, 3.8) is 0 Å². The average molecular weight is 460 g/mol. The maximum Gasteiger partial charge on any atom is 0.283 e. The number of thioether (sulfide) groups is 1. The second-order valence-electron chi connectivity index (χ2n) is 7.47. The van der Waals surface area contributed by atoms with Crippen LogP contribution >= 0.6 is 11.8 Å². The normalized spacial score (nSPS) is 16.8. The van der Waals surface area contributed by atoms with E-state index in [1.807, 2.05) is 51.1 Å². The molecule has 0 spiro atoms. The minimum absolute atomic E-state index is 0.0152. The minimum atomic E-state index is -0.464. The Morgan fingerprint density at radius 1 is 1.21 bits per heavy atom. The number of aromatic nitrogens is 1. The highest BCUT2D eigenvalue weighted by atomic mass is 32.2. The zero-order chi connectivity index (χ0) is 23.1. The van der Waals surface area contributed by atoms with Crippen LogP contribution in [0.1, 0.15) is 29.6 Å². The molecular formula is C24H21N5O3S. The number of benzene rings is 1. The number of hydrogen-bond donors (Lipinski definition) is 1. The van der Waals surface area contributed by atoms with Gasteiger partial charge in [0.1, 0.15) is 5.75 Å². The van der Waals surface area contributed by atoms with Gasteiger partial charge in [0.25, 0.3) is 5.91 Å². The van der Waals surface area contributed by atoms with Crippen molar-refractivity contribution in [3.8, 4) is 11.4 Å². The van der Waals surface area contributed by atoms with Crippen molar-refractivity contribution in [2.24, 2.45) is 10.1 Å². The summed E-state index contributed by atoms with van der Waals surface area (Å²) in [4.78, 5) is 17.0. The molecule has 0 fully saturated rings. The van der Waals surface area contributed by atoms with E-state index < -0.39 is 5.91 Å². The zero-order valence-electron chi connectivity index (χ0n) is 18.3. The van der Waals surface area contributed by atoms with Gasteiger partial charge in [-0.15, -0.1) is 0 Å². The first kappa shape index (κ1) is 21.0. The molecule has 0 saturated carbocycles. The van der Waals surface area contributed by atoms with Gasteiger partial charge in [0.2, 0.25) is 5.17 Å². The fourth-order valence-electron chi connectivity index (χ4n) is 3.87. The van der Waals surface area contributed by atoms with E-state index >= 15 is 0 Å². The van der Waals surface area contributed by atoms with Crippen LogP contribution in [0.2, 0.25) is 0 Å². The van der Waals surface area contributed by atoms with E-state index in [4.69, 9.17) is 14.6 Å². The Hall–Kier alpha value is -3.85. The number of aliphatic imine (C=N–C) groups is 1. The van der Waals surface area contributed by atoms with Crippen molar-refractivity contribution >= 4 is 39.8 Å². The summed E-state index contributed by atoms with van der Waals surface area (Å²) >= 11 is 1.21. The molecule has 0 unspecified atom stereocenters. The van der Waals surface area contributed by atoms with Crippen LogP contribution in [0.25, 0.3) is 11.8 Å². The molecule has 9 heteroatoms. The number of rotatable bonds is 5. The molecule has 1 N–H and O–H groups in total. The van der Waals surface area contributed by atoms with Gasteiger partial charge in [-0.25, -0.2) is 0 Å². The Bertz CT molecular complexity index is 1360. The maximum atomic E-state index is 12.8. The number of carbonyl (C=O) groups is 1. The van der Waals surface area contributed by atoms with Gasteiger partial charge in [0.05, 0.1) is 24.1 Å². The zero-order valence-corrected chi connectivity index (χ0v) is 19.1. The van der Waals surface area contributed by atoms with Crippen LogP contribution in [-0.2, 0) is 4.79 Å². The van der Waals surface area contributed by atoms with E-state index in [1.54, 1.807) is 24.5 Å². The minimum Gasteiger partial charge on any atom is -0.492 e. The Balaban J connectivity index is 1.53. The highest BCUT2D eigenvalue weighted by Gasteiger charge is 2.37. The van der Waals surface area contributed by atoms with Crippen molar-refractivity contribution in [1.29, 1.82) is 5.41 Å². The largest absolute Gasteiger partial charge is 0.492 e. The molecule has 0 atom stereocenters. The fourth-order valence-corrected chi connectivity index (χ4v) is 4.73. The SMILES string of the molecule is CCOc1ccccc1-n1c(C)cc(C=C2C(=N)N3N=C(c4ccco4)SC3=NC2=O)c1C. The first-order chi connectivity index (χ1) is 16.0. The number of amides is 1. The third-order valence-corrected chi connectivity index (χ3v) is 6.29. The summed E-state index contributed by atoms with van der Waals surface area (Å²) in [5.41, 5.74) is 3.85. The average Bonchev–Trinajstić information content (AvgIpc) is 3.52. The summed E-state index contributed by atoms with van der Waals surface area (Å²) in [6, 6.07) is 13.4. The Kier molecular flexibility index (Phi) is 5.26. The van der Waals surface area contributed by atoms with Gasteiger partial charge in [0, 0.05) is 11.4 Å². The lowest BCUT2D eigenvalue weighted by Crippen LogP contribution is -2.35. The number of para-hydroxylation sites is 2. The van der Waals surface area contributed by atoms with Crippen LogP contribution in [0.15, 0.2) is 68.8 Å². The Morgan fingerprint density at radius 2 is 2.03 bits per heavy atom. The topological polar surface area (TPSA) is 96.2 Å². The molecule has 3 aromatic rings. The summed E-state index contributed by atoms with van der Waals surface area (Å²) in [5.74, 6) is 0.873. The molecule has 2 aromatic heterocycles. The predicted octanol–water partition coefficient (Wildman–Crippen LogP) is 4.75. The van der Waals surface area contributed by atoms with Gasteiger partial charge < -0.3 is 13.7 Å². The van der Waals surface area contributed by atoms with Gasteiger partial charge in [-0.1, -0.05) is 12.1 Å². The number of ether oxygens (including phenoxy) is 1. The summed E-state index contributed by atoms with van der Waals surface area (Å²) in [6.45, 7) is 6.49. The lowest BCUT2D eigenvalue weighted by Gasteiger charge is -2.20. The lowest BCUT2D eigenvalue weighted by molar-refractivity contribution is -0.114. The molecule has 2 aliphatic rings. The van der Waals surface area contributed by atoms with Gasteiger partial charge in [-0.2, -0.15) is 15.1 Å². The molecule has 0 radical (unpaired) electrons. The number of nitrogens with one attached hydrogen (secondary N) is 1. The van der Waals surface area contributed by atoms with E-state index in [1.165, 1.54) is 16.8 Å². The molecule has 4 heterocycles. The van der Waals surface area contributed by atoms with Crippen molar-refractivity contribution in [1.82, 2.24) is 9.58 Å². The first-order valence-corrected chi connectivity index (χ1v) is 11.2. The summed E-state index contributed by atoms with van der Waals surface area (Å²) in [6.07, 6.45) is 3.26. The van der Waals surface area contributed by atoms with Crippen molar-refractivity contribution in [2.75, 3.05) is 6.61 Å². The lowest BCUT2D eigenvalue weighted by atomic mass is 10.1.